The van der Waals surface area contributed by atoms with Crippen LogP contribution >= 0.6 is 0 Å². The molecule has 0 unspecified atom stereocenters. The molecule has 1 heterocycles. The highest BCUT2D eigenvalue weighted by atomic mass is 16.1. The molecular formula is C24H23N3O. The molecule has 0 aliphatic heterocycles. The van der Waals surface area contributed by atoms with Crippen LogP contribution in [0.4, 0.5) is 11.4 Å². The Labute approximate surface area is 164 Å². The average molecular weight is 369 g/mol. The molecule has 28 heavy (non-hydrogen) atoms. The van der Waals surface area contributed by atoms with Crippen LogP contribution in [0, 0.1) is 0 Å². The van der Waals surface area contributed by atoms with Gasteiger partial charge >= 0.3 is 0 Å². The van der Waals surface area contributed by atoms with Gasteiger partial charge in [0.2, 0.25) is 0 Å². The van der Waals surface area contributed by atoms with Crippen molar-refractivity contribution >= 4 is 29.4 Å². The molecule has 0 bridgehead atoms. The largest absolute Gasteiger partial charge is 0.385 e. The number of anilines is 2. The Morgan fingerprint density at radius 2 is 1.71 bits per heavy atom. The second-order valence-electron chi connectivity index (χ2n) is 6.88. The number of fused-ring (bicyclic) bond motifs is 1. The number of pyridine rings is 1. The molecule has 1 aliphatic rings. The van der Waals surface area contributed by atoms with Crippen LogP contribution in [0.3, 0.4) is 0 Å². The van der Waals surface area contributed by atoms with E-state index < -0.39 is 0 Å². The number of benzene rings is 2. The van der Waals surface area contributed by atoms with Crippen molar-refractivity contribution in [1.29, 1.82) is 0 Å². The summed E-state index contributed by atoms with van der Waals surface area (Å²) in [4.78, 5) is 16.9. The van der Waals surface area contributed by atoms with Crippen LogP contribution in [-0.4, -0.2) is 17.4 Å². The fourth-order valence-electron chi connectivity index (χ4n) is 3.29. The van der Waals surface area contributed by atoms with Crippen LogP contribution in [-0.2, 0) is 6.42 Å². The standard InChI is InChI=1S/C24H23N3O/c28-24(27-22-16-20-8-4-5-9-23(20)26-17-22)19-10-12-21(13-11-19)25-15-14-18-6-2-1-3-7-18/h1-3,6-13,16-17,25H,4-5,14-15H2,(H,27,28). The van der Waals surface area contributed by atoms with E-state index in [4.69, 9.17) is 0 Å². The van der Waals surface area contributed by atoms with Gasteiger partial charge in [0.15, 0.2) is 0 Å². The average Bonchev–Trinajstić information content (AvgIpc) is 2.75. The van der Waals surface area contributed by atoms with Gasteiger partial charge in [0.05, 0.1) is 17.2 Å². The van der Waals surface area contributed by atoms with E-state index in [0.717, 1.165) is 47.7 Å². The Morgan fingerprint density at radius 3 is 2.54 bits per heavy atom. The van der Waals surface area contributed by atoms with Gasteiger partial charge in [-0.3, -0.25) is 9.78 Å². The number of carbonyl (C=O) groups excluding carboxylic acids is 1. The second-order valence-corrected chi connectivity index (χ2v) is 6.88. The third-order valence-corrected chi connectivity index (χ3v) is 4.81. The van der Waals surface area contributed by atoms with Gasteiger partial charge in [-0.25, -0.2) is 0 Å². The maximum absolute atomic E-state index is 12.5. The van der Waals surface area contributed by atoms with E-state index in [1.807, 2.05) is 36.4 Å². The van der Waals surface area contributed by atoms with Gasteiger partial charge in [-0.05, 0) is 60.4 Å². The van der Waals surface area contributed by atoms with Crippen LogP contribution in [0.25, 0.3) is 12.2 Å². The van der Waals surface area contributed by atoms with E-state index in [1.54, 1.807) is 6.20 Å². The van der Waals surface area contributed by atoms with Crippen molar-refractivity contribution in [3.8, 4) is 0 Å². The van der Waals surface area contributed by atoms with Crippen LogP contribution in [0.5, 0.6) is 0 Å². The predicted molar refractivity (Wildman–Crippen MR) is 115 cm³/mol. The maximum atomic E-state index is 12.5. The maximum Gasteiger partial charge on any atom is 0.255 e. The van der Waals surface area contributed by atoms with Crippen LogP contribution in [0.2, 0.25) is 0 Å². The Bertz CT molecular complexity index is 1070. The Morgan fingerprint density at radius 1 is 0.929 bits per heavy atom. The smallest absolute Gasteiger partial charge is 0.255 e. The first-order chi connectivity index (χ1) is 13.8. The molecule has 0 radical (unpaired) electrons. The zero-order valence-electron chi connectivity index (χ0n) is 15.7. The summed E-state index contributed by atoms with van der Waals surface area (Å²) in [5, 5.41) is 8.41. The van der Waals surface area contributed by atoms with Crippen LogP contribution < -0.4 is 21.2 Å². The van der Waals surface area contributed by atoms with Gasteiger partial charge < -0.3 is 10.6 Å². The first kappa shape index (κ1) is 18.0. The fraction of sp³-hybridized carbons (Fsp3) is 0.167. The molecule has 2 N–H and O–H groups in total. The normalized spacial score (nSPS) is 12.3. The molecule has 2 aromatic carbocycles. The molecule has 3 aromatic rings. The number of carbonyl (C=O) groups is 1. The van der Waals surface area contributed by atoms with E-state index in [0.29, 0.717) is 5.56 Å². The summed E-state index contributed by atoms with van der Waals surface area (Å²) in [7, 11) is 0. The zero-order valence-corrected chi connectivity index (χ0v) is 15.7. The first-order valence-electron chi connectivity index (χ1n) is 9.63. The van der Waals surface area contributed by atoms with E-state index in [9.17, 15) is 4.79 Å². The predicted octanol–water partition coefficient (Wildman–Crippen LogP) is 3.34. The summed E-state index contributed by atoms with van der Waals surface area (Å²) in [6.07, 6.45) is 9.01. The third-order valence-electron chi connectivity index (χ3n) is 4.81. The van der Waals surface area contributed by atoms with Gasteiger partial charge in [0, 0.05) is 17.8 Å². The van der Waals surface area contributed by atoms with Gasteiger partial charge in [-0.15, -0.1) is 0 Å². The lowest BCUT2D eigenvalue weighted by atomic mass is 10.1. The molecule has 0 saturated heterocycles. The minimum absolute atomic E-state index is 0.127. The summed E-state index contributed by atoms with van der Waals surface area (Å²) >= 11 is 0. The minimum atomic E-state index is -0.127. The van der Waals surface area contributed by atoms with Crippen molar-refractivity contribution in [3.05, 3.63) is 88.6 Å². The van der Waals surface area contributed by atoms with Crippen LogP contribution in [0.1, 0.15) is 28.8 Å². The number of aromatic nitrogens is 1. The molecule has 0 fully saturated rings. The Balaban J connectivity index is 1.35. The van der Waals surface area contributed by atoms with Gasteiger partial charge in [-0.1, -0.05) is 42.5 Å². The number of rotatable bonds is 6. The van der Waals surface area contributed by atoms with Gasteiger partial charge in [0.1, 0.15) is 0 Å². The van der Waals surface area contributed by atoms with Crippen molar-refractivity contribution in [2.75, 3.05) is 17.2 Å². The molecule has 1 aromatic heterocycles. The summed E-state index contributed by atoms with van der Waals surface area (Å²) < 4.78 is 0. The van der Waals surface area contributed by atoms with Crippen molar-refractivity contribution in [2.45, 2.75) is 19.3 Å². The van der Waals surface area contributed by atoms with Crippen molar-refractivity contribution in [1.82, 2.24) is 4.98 Å². The third kappa shape index (κ3) is 4.46. The van der Waals surface area contributed by atoms with E-state index >= 15 is 0 Å². The molecule has 0 spiro atoms. The molecule has 0 atom stereocenters. The highest BCUT2D eigenvalue weighted by Gasteiger charge is 2.07. The SMILES string of the molecule is O=C(Nc1cnc2c(c1)=CCCC=2)c1ccc(NCCc2ccccc2)cc1. The van der Waals surface area contributed by atoms with Gasteiger partial charge in [0.25, 0.3) is 5.91 Å². The number of nitrogens with zero attached hydrogens (tertiary/aromatic N) is 1. The minimum Gasteiger partial charge on any atom is -0.385 e. The highest BCUT2D eigenvalue weighted by Crippen LogP contribution is 2.12. The van der Waals surface area contributed by atoms with E-state index in [1.165, 1.54) is 5.56 Å². The molecule has 1 aliphatic carbocycles. The summed E-state index contributed by atoms with van der Waals surface area (Å²) in [6, 6.07) is 19.9. The summed E-state index contributed by atoms with van der Waals surface area (Å²) in [6.45, 7) is 0.851. The number of nitrogens with one attached hydrogen (secondary N) is 2. The molecule has 4 rings (SSSR count). The van der Waals surface area contributed by atoms with Crippen LogP contribution in [0.15, 0.2) is 66.9 Å². The Hall–Kier alpha value is -3.40. The van der Waals surface area contributed by atoms with Crippen molar-refractivity contribution < 1.29 is 4.79 Å². The highest BCUT2D eigenvalue weighted by molar-refractivity contribution is 6.04. The summed E-state index contributed by atoms with van der Waals surface area (Å²) in [5.41, 5.74) is 3.66. The first-order valence-corrected chi connectivity index (χ1v) is 9.63. The van der Waals surface area contributed by atoms with E-state index in [-0.39, 0.29) is 5.91 Å². The fourth-order valence-corrected chi connectivity index (χ4v) is 3.29. The molecule has 4 nitrogen and oxygen atoms in total. The summed E-state index contributed by atoms with van der Waals surface area (Å²) in [5.74, 6) is -0.127. The molecule has 4 heteroatoms. The quantitative estimate of drug-likeness (QED) is 0.701. The topological polar surface area (TPSA) is 54.0 Å². The number of hydrogen-bond donors (Lipinski definition) is 2. The lowest BCUT2D eigenvalue weighted by Crippen LogP contribution is -2.30. The lowest BCUT2D eigenvalue weighted by Gasteiger charge is -2.09. The van der Waals surface area contributed by atoms with Crippen molar-refractivity contribution in [3.63, 3.8) is 0 Å². The molecule has 140 valence electrons. The molecule has 0 saturated carbocycles. The van der Waals surface area contributed by atoms with Gasteiger partial charge in [-0.2, -0.15) is 0 Å². The molecule has 1 amide bonds. The number of hydrogen-bond acceptors (Lipinski definition) is 3. The Kier molecular flexibility index (Phi) is 5.48. The monoisotopic (exact) mass is 369 g/mol. The second kappa shape index (κ2) is 8.53. The number of amides is 1. The molecular weight excluding hydrogens is 346 g/mol. The van der Waals surface area contributed by atoms with Crippen molar-refractivity contribution in [2.24, 2.45) is 0 Å². The lowest BCUT2D eigenvalue weighted by molar-refractivity contribution is 0.102. The zero-order chi connectivity index (χ0) is 19.2. The van der Waals surface area contributed by atoms with E-state index in [2.05, 4.69) is 52.0 Å².